The van der Waals surface area contributed by atoms with E-state index in [4.69, 9.17) is 11.6 Å². The van der Waals surface area contributed by atoms with Crippen molar-refractivity contribution in [2.75, 3.05) is 12.5 Å². The van der Waals surface area contributed by atoms with Gasteiger partial charge in [-0.05, 0) is 6.92 Å². The van der Waals surface area contributed by atoms with Crippen molar-refractivity contribution in [2.24, 2.45) is 0 Å². The van der Waals surface area contributed by atoms with Crippen LogP contribution in [0.5, 0.6) is 0 Å². The van der Waals surface area contributed by atoms with Crippen LogP contribution in [0.2, 0.25) is 0 Å². The standard InChI is InChI=1S/C5H7ClNO3/c1-2-10-5(9)7-4(8)3-6/h1-3H2,(H,7,8,9). The van der Waals surface area contributed by atoms with Crippen LogP contribution in [0.3, 0.4) is 0 Å². The smallest absolute Gasteiger partial charge is 0.413 e. The fraction of sp³-hybridized carbons (Fsp3) is 0.400. The van der Waals surface area contributed by atoms with E-state index in [1.165, 1.54) is 0 Å². The van der Waals surface area contributed by atoms with Gasteiger partial charge in [0.25, 0.3) is 0 Å². The first-order valence-corrected chi connectivity index (χ1v) is 3.06. The third kappa shape index (κ3) is 4.14. The summed E-state index contributed by atoms with van der Waals surface area (Å²) in [5.41, 5.74) is 0. The number of hydrogen-bond donors (Lipinski definition) is 1. The largest absolute Gasteiger partial charge is 0.449 e. The monoisotopic (exact) mass is 164 g/mol. The molecule has 0 atom stereocenters. The minimum absolute atomic E-state index is 0.0125. The molecule has 0 fully saturated rings. The van der Waals surface area contributed by atoms with E-state index < -0.39 is 12.0 Å². The molecule has 0 aromatic carbocycles. The van der Waals surface area contributed by atoms with E-state index in [-0.39, 0.29) is 12.5 Å². The summed E-state index contributed by atoms with van der Waals surface area (Å²) in [4.78, 5) is 20.7. The van der Waals surface area contributed by atoms with Gasteiger partial charge in [0.1, 0.15) is 5.88 Å². The average Bonchev–Trinajstić information content (AvgIpc) is 1.88. The van der Waals surface area contributed by atoms with Crippen LogP contribution in [-0.4, -0.2) is 24.5 Å². The molecule has 1 radical (unpaired) electrons. The lowest BCUT2D eigenvalue weighted by atomic mass is 10.7. The fourth-order valence-corrected chi connectivity index (χ4v) is 0.343. The van der Waals surface area contributed by atoms with Gasteiger partial charge in [0.2, 0.25) is 5.91 Å². The lowest BCUT2D eigenvalue weighted by molar-refractivity contribution is -0.118. The molecule has 0 bridgehead atoms. The Morgan fingerprint density at radius 2 is 2.20 bits per heavy atom. The van der Waals surface area contributed by atoms with Gasteiger partial charge in [-0.1, -0.05) is 0 Å². The summed E-state index contributed by atoms with van der Waals surface area (Å²) in [6.45, 7) is 3.22. The number of imide groups is 1. The number of halogens is 1. The van der Waals surface area contributed by atoms with Crippen LogP contribution in [0.4, 0.5) is 4.79 Å². The maximum Gasteiger partial charge on any atom is 0.413 e. The molecule has 0 unspecified atom stereocenters. The van der Waals surface area contributed by atoms with Gasteiger partial charge in [-0.3, -0.25) is 10.1 Å². The van der Waals surface area contributed by atoms with Crippen LogP contribution in [0, 0.1) is 6.92 Å². The van der Waals surface area contributed by atoms with E-state index in [2.05, 4.69) is 11.7 Å². The van der Waals surface area contributed by atoms with Crippen molar-refractivity contribution in [3.05, 3.63) is 6.92 Å². The Bertz CT molecular complexity index is 137. The lowest BCUT2D eigenvalue weighted by Gasteiger charge is -1.99. The number of carbonyl (C=O) groups excluding carboxylic acids is 2. The van der Waals surface area contributed by atoms with Crippen molar-refractivity contribution >= 4 is 23.6 Å². The van der Waals surface area contributed by atoms with Gasteiger partial charge >= 0.3 is 6.09 Å². The highest BCUT2D eigenvalue weighted by Crippen LogP contribution is 1.78. The summed E-state index contributed by atoms with van der Waals surface area (Å²) in [5, 5.41) is 1.86. The van der Waals surface area contributed by atoms with Gasteiger partial charge in [-0.15, -0.1) is 11.6 Å². The zero-order valence-corrected chi connectivity index (χ0v) is 5.98. The van der Waals surface area contributed by atoms with Gasteiger partial charge in [0.15, 0.2) is 0 Å². The Labute approximate surface area is 63.5 Å². The highest BCUT2D eigenvalue weighted by atomic mass is 35.5. The summed E-state index contributed by atoms with van der Waals surface area (Å²) in [6.07, 6.45) is -0.819. The minimum Gasteiger partial charge on any atom is -0.449 e. The Morgan fingerprint density at radius 1 is 1.60 bits per heavy atom. The molecule has 1 N–H and O–H groups in total. The lowest BCUT2D eigenvalue weighted by Crippen LogP contribution is -2.31. The third-order valence-electron chi connectivity index (χ3n) is 0.596. The topological polar surface area (TPSA) is 55.4 Å². The molecular formula is C5H7ClNO3. The predicted molar refractivity (Wildman–Crippen MR) is 35.6 cm³/mol. The number of amides is 2. The number of hydrogen-bond acceptors (Lipinski definition) is 3. The maximum atomic E-state index is 10.4. The third-order valence-corrected chi connectivity index (χ3v) is 0.839. The Balaban J connectivity index is 3.47. The second-order valence-electron chi connectivity index (χ2n) is 1.32. The molecule has 0 aromatic rings. The number of rotatable bonds is 2. The van der Waals surface area contributed by atoms with Gasteiger partial charge < -0.3 is 4.74 Å². The fourth-order valence-electron chi connectivity index (χ4n) is 0.276. The number of alkyl halides is 1. The van der Waals surface area contributed by atoms with Crippen LogP contribution >= 0.6 is 11.6 Å². The predicted octanol–water partition coefficient (Wildman–Crippen LogP) is 0.312. The second kappa shape index (κ2) is 5.05. The van der Waals surface area contributed by atoms with Crippen LogP contribution in [-0.2, 0) is 9.53 Å². The van der Waals surface area contributed by atoms with Crippen molar-refractivity contribution in [3.8, 4) is 0 Å². The number of carbonyl (C=O) groups is 2. The first-order chi connectivity index (χ1) is 4.70. The quantitative estimate of drug-likeness (QED) is 0.598. The second-order valence-corrected chi connectivity index (χ2v) is 1.58. The van der Waals surface area contributed by atoms with Crippen molar-refractivity contribution in [1.82, 2.24) is 5.32 Å². The number of alkyl carbamates (subject to hydrolysis) is 1. The van der Waals surface area contributed by atoms with E-state index in [0.717, 1.165) is 0 Å². The Kier molecular flexibility index (Phi) is 4.66. The van der Waals surface area contributed by atoms with E-state index in [1.807, 2.05) is 5.32 Å². The molecule has 0 saturated carbocycles. The molecule has 0 spiro atoms. The van der Waals surface area contributed by atoms with Gasteiger partial charge in [-0.25, -0.2) is 4.79 Å². The van der Waals surface area contributed by atoms with E-state index in [1.54, 1.807) is 0 Å². The molecule has 0 aliphatic heterocycles. The average molecular weight is 165 g/mol. The minimum atomic E-state index is -0.819. The number of nitrogens with one attached hydrogen (secondary N) is 1. The molecule has 0 heterocycles. The van der Waals surface area contributed by atoms with Gasteiger partial charge in [0, 0.05) is 0 Å². The molecular weight excluding hydrogens is 158 g/mol. The molecule has 4 nitrogen and oxygen atoms in total. The normalized spacial score (nSPS) is 8.60. The maximum absolute atomic E-state index is 10.4. The van der Waals surface area contributed by atoms with E-state index >= 15 is 0 Å². The van der Waals surface area contributed by atoms with Crippen LogP contribution in [0.1, 0.15) is 0 Å². The van der Waals surface area contributed by atoms with Crippen molar-refractivity contribution in [1.29, 1.82) is 0 Å². The zero-order valence-electron chi connectivity index (χ0n) is 5.22. The van der Waals surface area contributed by atoms with Crippen molar-refractivity contribution in [3.63, 3.8) is 0 Å². The molecule has 0 aliphatic rings. The first kappa shape index (κ1) is 9.23. The van der Waals surface area contributed by atoms with Crippen LogP contribution in [0.25, 0.3) is 0 Å². The van der Waals surface area contributed by atoms with Crippen molar-refractivity contribution in [2.45, 2.75) is 0 Å². The SMILES string of the molecule is [CH2]COC(=O)NC(=O)CCl. The van der Waals surface area contributed by atoms with E-state index in [9.17, 15) is 9.59 Å². The highest BCUT2D eigenvalue weighted by Gasteiger charge is 2.04. The molecule has 0 aliphatic carbocycles. The molecule has 5 heteroatoms. The zero-order chi connectivity index (χ0) is 7.98. The molecule has 0 rings (SSSR count). The molecule has 10 heavy (non-hydrogen) atoms. The summed E-state index contributed by atoms with van der Waals surface area (Å²) in [7, 11) is 0. The molecule has 2 amide bonds. The molecule has 0 saturated heterocycles. The number of ether oxygens (including phenoxy) is 1. The summed E-state index contributed by atoms with van der Waals surface area (Å²) in [6, 6.07) is 0. The molecule has 0 aromatic heterocycles. The van der Waals surface area contributed by atoms with Gasteiger partial charge in [0.05, 0.1) is 6.61 Å². The Morgan fingerprint density at radius 3 is 2.60 bits per heavy atom. The summed E-state index contributed by atoms with van der Waals surface area (Å²) < 4.78 is 4.27. The molecule has 57 valence electrons. The Hall–Kier alpha value is -0.770. The van der Waals surface area contributed by atoms with Crippen LogP contribution in [0.15, 0.2) is 0 Å². The van der Waals surface area contributed by atoms with E-state index in [0.29, 0.717) is 0 Å². The summed E-state index contributed by atoms with van der Waals surface area (Å²) >= 11 is 5.06. The van der Waals surface area contributed by atoms with Crippen molar-refractivity contribution < 1.29 is 14.3 Å². The van der Waals surface area contributed by atoms with Crippen LogP contribution < -0.4 is 5.32 Å². The summed E-state index contributed by atoms with van der Waals surface area (Å²) in [5.74, 6) is -0.841. The first-order valence-electron chi connectivity index (χ1n) is 2.52. The van der Waals surface area contributed by atoms with Gasteiger partial charge in [-0.2, -0.15) is 0 Å². The highest BCUT2D eigenvalue weighted by molar-refractivity contribution is 6.28.